The highest BCUT2D eigenvalue weighted by Gasteiger charge is 2.48. The predicted molar refractivity (Wildman–Crippen MR) is 64.8 cm³/mol. The second kappa shape index (κ2) is 4.94. The molecule has 1 fully saturated rings. The van der Waals surface area contributed by atoms with Crippen LogP contribution in [0, 0.1) is 11.3 Å². The Hall–Kier alpha value is -1.26. The van der Waals surface area contributed by atoms with Gasteiger partial charge >= 0.3 is 12.0 Å². The van der Waals surface area contributed by atoms with Crippen LogP contribution in [0.25, 0.3) is 0 Å². The van der Waals surface area contributed by atoms with Crippen molar-refractivity contribution in [3.8, 4) is 0 Å². The van der Waals surface area contributed by atoms with E-state index in [1.54, 1.807) is 4.90 Å². The molecule has 0 aromatic rings. The lowest BCUT2D eigenvalue weighted by molar-refractivity contribution is -0.150. The number of amides is 2. The van der Waals surface area contributed by atoms with Gasteiger partial charge in [0, 0.05) is 19.1 Å². The molecule has 1 heterocycles. The molecule has 0 spiro atoms. The molecule has 5 heteroatoms. The second-order valence-electron chi connectivity index (χ2n) is 5.39. The Morgan fingerprint density at radius 2 is 1.88 bits per heavy atom. The van der Waals surface area contributed by atoms with Gasteiger partial charge in [-0.1, -0.05) is 13.8 Å². The maximum atomic E-state index is 11.8. The van der Waals surface area contributed by atoms with Crippen molar-refractivity contribution in [3.05, 3.63) is 0 Å². The monoisotopic (exact) mass is 242 g/mol. The molecule has 0 bridgehead atoms. The van der Waals surface area contributed by atoms with Gasteiger partial charge in [-0.25, -0.2) is 4.79 Å². The van der Waals surface area contributed by atoms with Crippen LogP contribution in [0.4, 0.5) is 4.79 Å². The number of nitrogens with zero attached hydrogens (tertiary/aromatic N) is 1. The van der Waals surface area contributed by atoms with Crippen LogP contribution in [-0.4, -0.2) is 41.1 Å². The highest BCUT2D eigenvalue weighted by atomic mass is 16.4. The third kappa shape index (κ3) is 2.70. The van der Waals surface area contributed by atoms with Gasteiger partial charge in [-0.2, -0.15) is 0 Å². The number of hydrogen-bond donors (Lipinski definition) is 2. The number of hydrogen-bond acceptors (Lipinski definition) is 2. The summed E-state index contributed by atoms with van der Waals surface area (Å²) in [4.78, 5) is 24.8. The van der Waals surface area contributed by atoms with Crippen molar-refractivity contribution in [2.24, 2.45) is 11.3 Å². The Morgan fingerprint density at radius 3 is 2.24 bits per heavy atom. The lowest BCUT2D eigenvalue weighted by atomic mass is 9.76. The first kappa shape index (κ1) is 13.8. The number of likely N-dealkylation sites (tertiary alicyclic amines) is 1. The van der Waals surface area contributed by atoms with Crippen LogP contribution in [0.5, 0.6) is 0 Å². The fourth-order valence-electron chi connectivity index (χ4n) is 2.24. The largest absolute Gasteiger partial charge is 0.481 e. The zero-order chi connectivity index (χ0) is 13.2. The number of carbonyl (C=O) groups is 2. The van der Waals surface area contributed by atoms with Gasteiger partial charge in [0.1, 0.15) is 0 Å². The highest BCUT2D eigenvalue weighted by molar-refractivity contribution is 5.80. The van der Waals surface area contributed by atoms with Crippen molar-refractivity contribution in [3.63, 3.8) is 0 Å². The van der Waals surface area contributed by atoms with Gasteiger partial charge in [0.25, 0.3) is 0 Å². The van der Waals surface area contributed by atoms with Gasteiger partial charge in [-0.15, -0.1) is 0 Å². The van der Waals surface area contributed by atoms with E-state index >= 15 is 0 Å². The molecule has 0 aliphatic carbocycles. The number of urea groups is 1. The third-order valence-electron chi connectivity index (χ3n) is 3.53. The van der Waals surface area contributed by atoms with E-state index in [1.165, 1.54) is 0 Å². The molecule has 2 amide bonds. The summed E-state index contributed by atoms with van der Waals surface area (Å²) in [5.41, 5.74) is -0.783. The molecule has 0 aromatic carbocycles. The SMILES string of the molecule is CC(C)NC(=O)N1CCC(C(=O)O)(C(C)C)C1. The van der Waals surface area contributed by atoms with E-state index in [4.69, 9.17) is 0 Å². The van der Waals surface area contributed by atoms with E-state index in [0.29, 0.717) is 19.5 Å². The minimum Gasteiger partial charge on any atom is -0.481 e. The van der Waals surface area contributed by atoms with Crippen molar-refractivity contribution in [2.45, 2.75) is 40.2 Å². The van der Waals surface area contributed by atoms with Gasteiger partial charge < -0.3 is 15.3 Å². The Kier molecular flexibility index (Phi) is 4.01. The molecular formula is C12H22N2O3. The molecular weight excluding hydrogens is 220 g/mol. The van der Waals surface area contributed by atoms with Crippen molar-refractivity contribution in [1.29, 1.82) is 0 Å². The second-order valence-corrected chi connectivity index (χ2v) is 5.39. The van der Waals surface area contributed by atoms with Gasteiger partial charge in [-0.05, 0) is 26.2 Å². The molecule has 1 aliphatic rings. The molecule has 2 N–H and O–H groups in total. The maximum Gasteiger partial charge on any atom is 0.317 e. The number of nitrogens with one attached hydrogen (secondary N) is 1. The van der Waals surface area contributed by atoms with Gasteiger partial charge in [0.2, 0.25) is 0 Å². The number of aliphatic carboxylic acids is 1. The van der Waals surface area contributed by atoms with Crippen LogP contribution in [0.2, 0.25) is 0 Å². The molecule has 0 saturated carbocycles. The lowest BCUT2D eigenvalue weighted by Gasteiger charge is -2.28. The van der Waals surface area contributed by atoms with Crippen molar-refractivity contribution in [2.75, 3.05) is 13.1 Å². The molecule has 98 valence electrons. The number of carbonyl (C=O) groups excluding carboxylic acids is 1. The van der Waals surface area contributed by atoms with E-state index < -0.39 is 11.4 Å². The summed E-state index contributed by atoms with van der Waals surface area (Å²) in [6.07, 6.45) is 0.533. The average Bonchev–Trinajstić information content (AvgIpc) is 2.61. The average molecular weight is 242 g/mol. The zero-order valence-corrected chi connectivity index (χ0v) is 11.0. The molecule has 0 radical (unpaired) electrons. The Balaban J connectivity index is 2.73. The summed E-state index contributed by atoms with van der Waals surface area (Å²) in [5, 5.41) is 12.2. The molecule has 1 atom stereocenters. The quantitative estimate of drug-likeness (QED) is 0.788. The topological polar surface area (TPSA) is 69.6 Å². The summed E-state index contributed by atoms with van der Waals surface area (Å²) in [6.45, 7) is 8.40. The first-order chi connectivity index (χ1) is 7.79. The number of carboxylic acid groups (broad SMARTS) is 1. The van der Waals surface area contributed by atoms with E-state index in [9.17, 15) is 14.7 Å². The van der Waals surface area contributed by atoms with Crippen molar-refractivity contribution < 1.29 is 14.7 Å². The smallest absolute Gasteiger partial charge is 0.317 e. The van der Waals surface area contributed by atoms with Crippen molar-refractivity contribution >= 4 is 12.0 Å². The van der Waals surface area contributed by atoms with Crippen LogP contribution in [0.1, 0.15) is 34.1 Å². The van der Waals surface area contributed by atoms with Crippen LogP contribution >= 0.6 is 0 Å². The third-order valence-corrected chi connectivity index (χ3v) is 3.53. The summed E-state index contributed by atoms with van der Waals surface area (Å²) in [6, 6.07) is -0.0925. The molecule has 1 aliphatic heterocycles. The predicted octanol–water partition coefficient (Wildman–Crippen LogP) is 1.54. The molecule has 17 heavy (non-hydrogen) atoms. The van der Waals surface area contributed by atoms with Crippen LogP contribution in [0.15, 0.2) is 0 Å². The van der Waals surface area contributed by atoms with E-state index in [0.717, 1.165) is 0 Å². The Labute approximate surface area is 102 Å². The highest BCUT2D eigenvalue weighted by Crippen LogP contribution is 2.38. The van der Waals surface area contributed by atoms with Crippen molar-refractivity contribution in [1.82, 2.24) is 10.2 Å². The van der Waals surface area contributed by atoms with Gasteiger partial charge in [-0.3, -0.25) is 4.79 Å². The van der Waals surface area contributed by atoms with E-state index in [2.05, 4.69) is 5.32 Å². The van der Waals surface area contributed by atoms with E-state index in [1.807, 2.05) is 27.7 Å². The first-order valence-corrected chi connectivity index (χ1v) is 6.08. The van der Waals surface area contributed by atoms with Gasteiger partial charge in [0.05, 0.1) is 5.41 Å². The lowest BCUT2D eigenvalue weighted by Crippen LogP contribution is -2.45. The standard InChI is InChI=1S/C12H22N2O3/c1-8(2)12(10(15)16)5-6-14(7-12)11(17)13-9(3)4/h8-9H,5-7H2,1-4H3,(H,13,17)(H,15,16). The molecule has 5 nitrogen and oxygen atoms in total. The first-order valence-electron chi connectivity index (χ1n) is 6.08. The maximum absolute atomic E-state index is 11.8. The summed E-state index contributed by atoms with van der Waals surface area (Å²) in [7, 11) is 0. The van der Waals surface area contributed by atoms with Crippen LogP contribution in [0.3, 0.4) is 0 Å². The summed E-state index contributed by atoms with van der Waals surface area (Å²) >= 11 is 0. The van der Waals surface area contributed by atoms with Crippen LogP contribution in [-0.2, 0) is 4.79 Å². The molecule has 1 unspecified atom stereocenters. The fourth-order valence-corrected chi connectivity index (χ4v) is 2.24. The minimum absolute atomic E-state index is 0.0249. The zero-order valence-electron chi connectivity index (χ0n) is 11.0. The number of carboxylic acids is 1. The Morgan fingerprint density at radius 1 is 1.29 bits per heavy atom. The van der Waals surface area contributed by atoms with Crippen LogP contribution < -0.4 is 5.32 Å². The Bertz CT molecular complexity index is 315. The fraction of sp³-hybridized carbons (Fsp3) is 0.833. The summed E-state index contributed by atoms with van der Waals surface area (Å²) in [5.74, 6) is -0.774. The number of rotatable bonds is 3. The van der Waals surface area contributed by atoms with E-state index in [-0.39, 0.29) is 18.0 Å². The minimum atomic E-state index is -0.799. The molecule has 1 rings (SSSR count). The summed E-state index contributed by atoms with van der Waals surface area (Å²) < 4.78 is 0. The molecule has 0 aromatic heterocycles. The molecule has 1 saturated heterocycles. The normalized spacial score (nSPS) is 24.5. The van der Waals surface area contributed by atoms with Gasteiger partial charge in [0.15, 0.2) is 0 Å².